The van der Waals surface area contributed by atoms with Crippen molar-refractivity contribution in [2.75, 3.05) is 30.8 Å². The van der Waals surface area contributed by atoms with Gasteiger partial charge in [0.05, 0.1) is 29.9 Å². The standard InChI is InChI=1S/C20H22N8OS2/c1-30-20-23-17(27-8-3-2-4-9-27)14-12-22-28(18(14)24-20)10-7-21-19(29)13-5-6-15-16(11-13)26-31-25-15/h5-6,11-12H,2-4,7-10H2,1H3,(H,21,29). The van der Waals surface area contributed by atoms with Crippen molar-refractivity contribution < 1.29 is 4.79 Å². The highest BCUT2D eigenvalue weighted by molar-refractivity contribution is 7.98. The normalized spacial score (nSPS) is 14.4. The summed E-state index contributed by atoms with van der Waals surface area (Å²) in [5, 5.41) is 9.21. The molecule has 1 aromatic carbocycles. The number of fused-ring (bicyclic) bond motifs is 2. The summed E-state index contributed by atoms with van der Waals surface area (Å²) in [6.45, 7) is 3.00. The van der Waals surface area contributed by atoms with Crippen LogP contribution in [0.3, 0.4) is 0 Å². The van der Waals surface area contributed by atoms with Crippen molar-refractivity contribution in [3.05, 3.63) is 30.0 Å². The molecular formula is C20H22N8OS2. The maximum Gasteiger partial charge on any atom is 0.251 e. The Morgan fingerprint density at radius 2 is 2.00 bits per heavy atom. The number of hydrogen-bond acceptors (Lipinski definition) is 9. The van der Waals surface area contributed by atoms with Crippen molar-refractivity contribution in [2.24, 2.45) is 0 Å². The third kappa shape index (κ3) is 4.07. The van der Waals surface area contributed by atoms with Crippen molar-refractivity contribution in [3.8, 4) is 0 Å². The fourth-order valence-electron chi connectivity index (χ4n) is 3.82. The average Bonchev–Trinajstić information content (AvgIpc) is 3.45. The van der Waals surface area contributed by atoms with Gasteiger partial charge in [-0.1, -0.05) is 11.8 Å². The van der Waals surface area contributed by atoms with Gasteiger partial charge in [-0.05, 0) is 43.7 Å². The Morgan fingerprint density at radius 3 is 2.84 bits per heavy atom. The lowest BCUT2D eigenvalue weighted by Gasteiger charge is -2.28. The molecule has 0 spiro atoms. The van der Waals surface area contributed by atoms with Crippen molar-refractivity contribution in [1.82, 2.24) is 33.8 Å². The van der Waals surface area contributed by atoms with Crippen LogP contribution in [0.5, 0.6) is 0 Å². The van der Waals surface area contributed by atoms with Gasteiger partial charge in [0.2, 0.25) is 0 Å². The van der Waals surface area contributed by atoms with Gasteiger partial charge >= 0.3 is 0 Å². The highest BCUT2D eigenvalue weighted by Gasteiger charge is 2.19. The van der Waals surface area contributed by atoms with Crippen LogP contribution in [0.25, 0.3) is 22.1 Å². The first-order valence-electron chi connectivity index (χ1n) is 10.3. The third-order valence-corrected chi connectivity index (χ3v) is 6.52. The number of carbonyl (C=O) groups excluding carboxylic acids is 1. The number of piperidine rings is 1. The Balaban J connectivity index is 1.32. The molecule has 9 nitrogen and oxygen atoms in total. The first kappa shape index (κ1) is 20.1. The average molecular weight is 455 g/mol. The number of benzene rings is 1. The minimum Gasteiger partial charge on any atom is -0.356 e. The van der Waals surface area contributed by atoms with Crippen LogP contribution >= 0.6 is 23.5 Å². The number of hydrogen-bond donors (Lipinski definition) is 1. The van der Waals surface area contributed by atoms with Crippen LogP contribution in [0.4, 0.5) is 5.82 Å². The summed E-state index contributed by atoms with van der Waals surface area (Å²) in [6, 6.07) is 5.35. The molecule has 1 fully saturated rings. The van der Waals surface area contributed by atoms with Crippen LogP contribution in [0.1, 0.15) is 29.6 Å². The van der Waals surface area contributed by atoms with Gasteiger partial charge in [-0.2, -0.15) is 13.8 Å². The minimum absolute atomic E-state index is 0.139. The summed E-state index contributed by atoms with van der Waals surface area (Å²) in [7, 11) is 0. The number of anilines is 1. The van der Waals surface area contributed by atoms with Crippen molar-refractivity contribution in [1.29, 1.82) is 0 Å². The maximum absolute atomic E-state index is 12.5. The molecule has 0 aliphatic carbocycles. The smallest absolute Gasteiger partial charge is 0.251 e. The lowest BCUT2D eigenvalue weighted by molar-refractivity contribution is 0.0952. The Morgan fingerprint density at radius 1 is 1.16 bits per heavy atom. The molecular weight excluding hydrogens is 432 g/mol. The van der Waals surface area contributed by atoms with Crippen LogP contribution in [-0.2, 0) is 6.54 Å². The fraction of sp³-hybridized carbons (Fsp3) is 0.400. The molecule has 160 valence electrons. The third-order valence-electron chi connectivity index (χ3n) is 5.42. The van der Waals surface area contributed by atoms with Gasteiger partial charge in [0, 0.05) is 25.2 Å². The second-order valence-corrected chi connectivity index (χ2v) is 8.71. The molecule has 0 bridgehead atoms. The van der Waals surface area contributed by atoms with Gasteiger partial charge in [-0.3, -0.25) is 4.79 Å². The SMILES string of the molecule is CSc1nc(N2CCCCC2)c2cnn(CCNC(=O)c3ccc4nsnc4c3)c2n1. The second-order valence-electron chi connectivity index (χ2n) is 7.41. The molecule has 0 unspecified atom stereocenters. The number of amides is 1. The molecule has 0 saturated carbocycles. The monoisotopic (exact) mass is 454 g/mol. The van der Waals surface area contributed by atoms with Crippen LogP contribution in [0.15, 0.2) is 29.6 Å². The van der Waals surface area contributed by atoms with E-state index in [1.165, 1.54) is 31.0 Å². The highest BCUT2D eigenvalue weighted by atomic mass is 32.2. The maximum atomic E-state index is 12.5. The number of thioether (sulfide) groups is 1. The van der Waals surface area contributed by atoms with E-state index in [1.54, 1.807) is 12.1 Å². The molecule has 3 aromatic heterocycles. The van der Waals surface area contributed by atoms with Crippen LogP contribution in [-0.4, -0.2) is 60.3 Å². The molecule has 1 aliphatic rings. The molecule has 0 atom stereocenters. The zero-order chi connectivity index (χ0) is 21.2. The van der Waals surface area contributed by atoms with E-state index in [0.29, 0.717) is 18.7 Å². The molecule has 5 rings (SSSR count). The summed E-state index contributed by atoms with van der Waals surface area (Å²) in [5.74, 6) is 0.828. The van der Waals surface area contributed by atoms with Crippen LogP contribution < -0.4 is 10.2 Å². The molecule has 11 heteroatoms. The molecule has 1 aliphatic heterocycles. The molecule has 31 heavy (non-hydrogen) atoms. The van der Waals surface area contributed by atoms with Gasteiger partial charge in [-0.25, -0.2) is 14.6 Å². The number of nitrogens with zero attached hydrogens (tertiary/aromatic N) is 7. The zero-order valence-corrected chi connectivity index (χ0v) is 18.7. The van der Waals surface area contributed by atoms with Crippen LogP contribution in [0, 0.1) is 0 Å². The van der Waals surface area contributed by atoms with E-state index in [9.17, 15) is 4.79 Å². The first-order valence-corrected chi connectivity index (χ1v) is 12.2. The largest absolute Gasteiger partial charge is 0.356 e. The van der Waals surface area contributed by atoms with E-state index in [2.05, 4.69) is 24.1 Å². The molecule has 4 heterocycles. The first-order chi connectivity index (χ1) is 15.2. The highest BCUT2D eigenvalue weighted by Crippen LogP contribution is 2.28. The van der Waals surface area contributed by atoms with Crippen molar-refractivity contribution in [3.63, 3.8) is 0 Å². The quantitative estimate of drug-likeness (QED) is 0.350. The fourth-order valence-corrected chi connectivity index (χ4v) is 4.70. The second kappa shape index (κ2) is 8.75. The van der Waals surface area contributed by atoms with Gasteiger partial charge in [0.15, 0.2) is 10.8 Å². The van der Waals surface area contributed by atoms with Gasteiger partial charge in [-0.15, -0.1) is 0 Å². The number of rotatable bonds is 6. The Labute approximate surface area is 187 Å². The van der Waals surface area contributed by atoms with E-state index in [1.807, 2.05) is 23.2 Å². The lowest BCUT2D eigenvalue weighted by Crippen LogP contribution is -2.30. The predicted octanol–water partition coefficient (Wildman–Crippen LogP) is 2.97. The topological polar surface area (TPSA) is 102 Å². The van der Waals surface area contributed by atoms with E-state index in [4.69, 9.17) is 9.97 Å². The summed E-state index contributed by atoms with van der Waals surface area (Å²) in [4.78, 5) is 24.3. The Hall–Kier alpha value is -2.79. The Bertz CT molecular complexity index is 1230. The zero-order valence-electron chi connectivity index (χ0n) is 17.1. The van der Waals surface area contributed by atoms with Crippen molar-refractivity contribution >= 4 is 57.3 Å². The lowest BCUT2D eigenvalue weighted by atomic mass is 10.1. The molecule has 1 amide bonds. The summed E-state index contributed by atoms with van der Waals surface area (Å²) in [6.07, 6.45) is 7.46. The minimum atomic E-state index is -0.139. The molecule has 1 saturated heterocycles. The van der Waals surface area contributed by atoms with Gasteiger partial charge in [0.25, 0.3) is 5.91 Å². The summed E-state index contributed by atoms with van der Waals surface area (Å²) in [5.41, 5.74) is 2.93. The Kier molecular flexibility index (Phi) is 5.68. The summed E-state index contributed by atoms with van der Waals surface area (Å²) < 4.78 is 10.2. The van der Waals surface area contributed by atoms with E-state index < -0.39 is 0 Å². The number of carbonyl (C=O) groups is 1. The van der Waals surface area contributed by atoms with Crippen molar-refractivity contribution in [2.45, 2.75) is 31.0 Å². The van der Waals surface area contributed by atoms with Crippen LogP contribution in [0.2, 0.25) is 0 Å². The van der Waals surface area contributed by atoms with E-state index in [0.717, 1.165) is 57.9 Å². The molecule has 1 N–H and O–H groups in total. The van der Waals surface area contributed by atoms with Gasteiger partial charge < -0.3 is 10.2 Å². The number of nitrogens with one attached hydrogen (secondary N) is 1. The predicted molar refractivity (Wildman–Crippen MR) is 123 cm³/mol. The molecule has 4 aromatic rings. The molecule has 0 radical (unpaired) electrons. The van der Waals surface area contributed by atoms with Gasteiger partial charge in [0.1, 0.15) is 16.9 Å². The van der Waals surface area contributed by atoms with E-state index >= 15 is 0 Å². The summed E-state index contributed by atoms with van der Waals surface area (Å²) >= 11 is 2.68. The number of aromatic nitrogens is 6. The van der Waals surface area contributed by atoms with E-state index in [-0.39, 0.29) is 5.91 Å².